The topological polar surface area (TPSA) is 41.6 Å². The molecule has 1 heterocycles. The highest BCUT2D eigenvalue weighted by Crippen LogP contribution is 2.30. The molecule has 1 amide bonds. The molecule has 0 unspecified atom stereocenters. The SMILES string of the molecule is O=C(NOc1ccc(C2CCN(Cc3c(F)cccc3F)CC2)cc1)c1ccccc1. The molecule has 0 atom stereocenters. The van der Waals surface area contributed by atoms with Crippen molar-refractivity contribution in [2.75, 3.05) is 13.1 Å². The largest absolute Gasteiger partial charge is 0.379 e. The van der Waals surface area contributed by atoms with Gasteiger partial charge < -0.3 is 4.84 Å². The fourth-order valence-electron chi connectivity index (χ4n) is 3.89. The Morgan fingerprint density at radius 2 is 1.55 bits per heavy atom. The number of carbonyl (C=O) groups excluding carboxylic acids is 1. The van der Waals surface area contributed by atoms with Crippen molar-refractivity contribution in [3.8, 4) is 5.75 Å². The Hall–Kier alpha value is -3.25. The van der Waals surface area contributed by atoms with Gasteiger partial charge in [0.2, 0.25) is 0 Å². The average Bonchev–Trinajstić information content (AvgIpc) is 2.81. The lowest BCUT2D eigenvalue weighted by molar-refractivity contribution is 0.0760. The molecule has 1 aliphatic heterocycles. The lowest BCUT2D eigenvalue weighted by Gasteiger charge is -2.32. The average molecular weight is 422 g/mol. The molecule has 0 radical (unpaired) electrons. The Balaban J connectivity index is 1.28. The van der Waals surface area contributed by atoms with E-state index in [9.17, 15) is 13.6 Å². The molecule has 1 aliphatic rings. The summed E-state index contributed by atoms with van der Waals surface area (Å²) >= 11 is 0. The number of piperidine rings is 1. The summed E-state index contributed by atoms with van der Waals surface area (Å²) in [4.78, 5) is 19.5. The first-order valence-corrected chi connectivity index (χ1v) is 10.4. The van der Waals surface area contributed by atoms with Gasteiger partial charge in [0.15, 0.2) is 5.75 Å². The van der Waals surface area contributed by atoms with Gasteiger partial charge in [0, 0.05) is 17.7 Å². The summed E-state index contributed by atoms with van der Waals surface area (Å²) in [5.41, 5.74) is 4.31. The molecular weight excluding hydrogens is 398 g/mol. The van der Waals surface area contributed by atoms with Crippen molar-refractivity contribution >= 4 is 5.91 Å². The zero-order valence-electron chi connectivity index (χ0n) is 17.1. The Kier molecular flexibility index (Phi) is 6.57. The lowest BCUT2D eigenvalue weighted by Crippen LogP contribution is -2.33. The van der Waals surface area contributed by atoms with Crippen LogP contribution in [0.1, 0.15) is 40.2 Å². The van der Waals surface area contributed by atoms with E-state index in [4.69, 9.17) is 4.84 Å². The van der Waals surface area contributed by atoms with Crippen molar-refractivity contribution in [1.29, 1.82) is 0 Å². The molecule has 3 aromatic carbocycles. The van der Waals surface area contributed by atoms with E-state index >= 15 is 0 Å². The maximum atomic E-state index is 13.9. The molecule has 0 aromatic heterocycles. The van der Waals surface area contributed by atoms with Gasteiger partial charge in [-0.2, -0.15) is 5.48 Å². The fraction of sp³-hybridized carbons (Fsp3) is 0.240. The summed E-state index contributed by atoms with van der Waals surface area (Å²) in [5, 5.41) is 0. The Labute approximate surface area is 180 Å². The van der Waals surface area contributed by atoms with Crippen molar-refractivity contribution in [3.63, 3.8) is 0 Å². The Bertz CT molecular complexity index is 997. The van der Waals surface area contributed by atoms with Gasteiger partial charge in [-0.25, -0.2) is 8.78 Å². The van der Waals surface area contributed by atoms with E-state index in [1.54, 1.807) is 24.3 Å². The zero-order valence-corrected chi connectivity index (χ0v) is 17.1. The molecule has 160 valence electrons. The number of hydrogen-bond donors (Lipinski definition) is 1. The highest BCUT2D eigenvalue weighted by molar-refractivity contribution is 5.93. The predicted octanol–water partition coefficient (Wildman–Crippen LogP) is 5.07. The summed E-state index contributed by atoms with van der Waals surface area (Å²) in [7, 11) is 0. The Morgan fingerprint density at radius 1 is 0.903 bits per heavy atom. The van der Waals surface area contributed by atoms with E-state index in [0.29, 0.717) is 23.8 Å². The van der Waals surface area contributed by atoms with E-state index < -0.39 is 11.6 Å². The van der Waals surface area contributed by atoms with Gasteiger partial charge in [0.1, 0.15) is 11.6 Å². The molecule has 4 rings (SSSR count). The van der Waals surface area contributed by atoms with E-state index in [-0.39, 0.29) is 11.5 Å². The number of hydroxylamine groups is 1. The molecule has 1 fully saturated rings. The minimum atomic E-state index is -0.489. The summed E-state index contributed by atoms with van der Waals surface area (Å²) in [6.07, 6.45) is 1.84. The van der Waals surface area contributed by atoms with Gasteiger partial charge in [-0.3, -0.25) is 9.69 Å². The molecule has 6 heteroatoms. The second-order valence-electron chi connectivity index (χ2n) is 7.72. The van der Waals surface area contributed by atoms with E-state index in [1.807, 2.05) is 30.3 Å². The molecule has 0 saturated carbocycles. The lowest BCUT2D eigenvalue weighted by atomic mass is 9.89. The van der Waals surface area contributed by atoms with Crippen LogP contribution in [-0.2, 0) is 6.54 Å². The molecule has 0 bridgehead atoms. The number of amides is 1. The highest BCUT2D eigenvalue weighted by Gasteiger charge is 2.22. The number of halogens is 2. The smallest absolute Gasteiger partial charge is 0.283 e. The number of rotatable bonds is 6. The molecule has 1 saturated heterocycles. The number of carbonyl (C=O) groups is 1. The maximum Gasteiger partial charge on any atom is 0.283 e. The number of benzene rings is 3. The first-order chi connectivity index (χ1) is 15.1. The van der Waals surface area contributed by atoms with Crippen LogP contribution in [0.5, 0.6) is 5.75 Å². The van der Waals surface area contributed by atoms with Crippen LogP contribution in [-0.4, -0.2) is 23.9 Å². The van der Waals surface area contributed by atoms with Gasteiger partial charge in [0.05, 0.1) is 0 Å². The van der Waals surface area contributed by atoms with Crippen molar-refractivity contribution in [2.24, 2.45) is 0 Å². The third kappa shape index (κ3) is 5.27. The third-order valence-electron chi connectivity index (χ3n) is 5.68. The van der Waals surface area contributed by atoms with Crippen LogP contribution in [0.15, 0.2) is 72.8 Å². The second kappa shape index (κ2) is 9.71. The number of likely N-dealkylation sites (tertiary alicyclic amines) is 1. The Morgan fingerprint density at radius 3 is 2.19 bits per heavy atom. The quantitative estimate of drug-likeness (QED) is 0.564. The van der Waals surface area contributed by atoms with Crippen LogP contribution in [0.3, 0.4) is 0 Å². The van der Waals surface area contributed by atoms with Crippen molar-refractivity contribution in [1.82, 2.24) is 10.4 Å². The fourth-order valence-corrected chi connectivity index (χ4v) is 3.89. The van der Waals surface area contributed by atoms with Gasteiger partial charge in [-0.15, -0.1) is 0 Å². The van der Waals surface area contributed by atoms with E-state index in [1.165, 1.54) is 23.8 Å². The molecule has 31 heavy (non-hydrogen) atoms. The van der Waals surface area contributed by atoms with Crippen LogP contribution < -0.4 is 10.3 Å². The van der Waals surface area contributed by atoms with Crippen molar-refractivity contribution < 1.29 is 18.4 Å². The van der Waals surface area contributed by atoms with Crippen LogP contribution >= 0.6 is 0 Å². The molecule has 0 aliphatic carbocycles. The minimum absolute atomic E-state index is 0.139. The monoisotopic (exact) mass is 422 g/mol. The summed E-state index contributed by atoms with van der Waals surface area (Å²) in [6.45, 7) is 1.85. The predicted molar refractivity (Wildman–Crippen MR) is 115 cm³/mol. The second-order valence-corrected chi connectivity index (χ2v) is 7.72. The number of nitrogens with one attached hydrogen (secondary N) is 1. The van der Waals surface area contributed by atoms with Gasteiger partial charge in [0.25, 0.3) is 5.91 Å². The van der Waals surface area contributed by atoms with Gasteiger partial charge in [-0.05, 0) is 73.8 Å². The summed E-state index contributed by atoms with van der Waals surface area (Å²) < 4.78 is 27.8. The first-order valence-electron chi connectivity index (χ1n) is 10.4. The number of nitrogens with zero attached hydrogens (tertiary/aromatic N) is 1. The summed E-state index contributed by atoms with van der Waals surface area (Å²) in [5.74, 6) is -0.340. The highest BCUT2D eigenvalue weighted by atomic mass is 19.1. The molecule has 3 aromatic rings. The molecule has 1 N–H and O–H groups in total. The molecule has 4 nitrogen and oxygen atoms in total. The first kappa shape index (κ1) is 21.0. The van der Waals surface area contributed by atoms with Gasteiger partial charge >= 0.3 is 0 Å². The van der Waals surface area contributed by atoms with Crippen molar-refractivity contribution in [3.05, 3.63) is 101 Å². The molecule has 0 spiro atoms. The van der Waals surface area contributed by atoms with E-state index in [0.717, 1.165) is 25.9 Å². The standard InChI is InChI=1S/C25H24F2N2O2/c26-23-7-4-8-24(27)22(23)17-29-15-13-19(14-16-29)18-9-11-21(12-10-18)31-28-25(30)20-5-2-1-3-6-20/h1-12,19H,13-17H2,(H,28,30). The minimum Gasteiger partial charge on any atom is -0.379 e. The van der Waals surface area contributed by atoms with Crippen LogP contribution in [0, 0.1) is 11.6 Å². The molecular formula is C25H24F2N2O2. The number of hydrogen-bond acceptors (Lipinski definition) is 3. The van der Waals surface area contributed by atoms with Crippen LogP contribution in [0.2, 0.25) is 0 Å². The summed E-state index contributed by atoms with van der Waals surface area (Å²) in [6, 6.07) is 20.5. The van der Waals surface area contributed by atoms with Crippen LogP contribution in [0.25, 0.3) is 0 Å². The van der Waals surface area contributed by atoms with Crippen molar-refractivity contribution in [2.45, 2.75) is 25.3 Å². The zero-order chi connectivity index (χ0) is 21.6. The van der Waals surface area contributed by atoms with Crippen LogP contribution in [0.4, 0.5) is 8.78 Å². The third-order valence-corrected chi connectivity index (χ3v) is 5.68. The maximum absolute atomic E-state index is 13.9. The van der Waals surface area contributed by atoms with Gasteiger partial charge in [-0.1, -0.05) is 36.4 Å². The van der Waals surface area contributed by atoms with E-state index in [2.05, 4.69) is 10.4 Å². The normalized spacial score (nSPS) is 14.9.